The Balaban J connectivity index is 1.82. The van der Waals surface area contributed by atoms with Crippen LogP contribution in [0, 0.1) is 0 Å². The molecule has 0 aliphatic carbocycles. The van der Waals surface area contributed by atoms with Gasteiger partial charge in [0.05, 0.1) is 12.2 Å². The average Bonchev–Trinajstić information content (AvgIpc) is 2.88. The third-order valence-electron chi connectivity index (χ3n) is 2.11. The van der Waals surface area contributed by atoms with Gasteiger partial charge in [0.25, 0.3) is 0 Å². The van der Waals surface area contributed by atoms with Crippen LogP contribution in [-0.2, 0) is 11.3 Å². The van der Waals surface area contributed by atoms with E-state index in [9.17, 15) is 4.79 Å². The SMILES string of the molecule is O=C(C=Cc1cccs1)NCc1ccccn1. The lowest BCUT2D eigenvalue weighted by molar-refractivity contribution is -0.116. The van der Waals surface area contributed by atoms with E-state index in [0.29, 0.717) is 6.54 Å². The molecule has 1 amide bonds. The molecule has 2 aromatic rings. The second-order valence-electron chi connectivity index (χ2n) is 3.39. The van der Waals surface area contributed by atoms with Gasteiger partial charge in [-0.05, 0) is 29.7 Å². The molecule has 2 rings (SSSR count). The van der Waals surface area contributed by atoms with Crippen LogP contribution < -0.4 is 5.32 Å². The van der Waals surface area contributed by atoms with E-state index in [-0.39, 0.29) is 5.91 Å². The Morgan fingerprint density at radius 1 is 1.35 bits per heavy atom. The number of aromatic nitrogens is 1. The maximum absolute atomic E-state index is 11.5. The molecule has 0 atom stereocenters. The van der Waals surface area contributed by atoms with Gasteiger partial charge in [0.2, 0.25) is 5.91 Å². The van der Waals surface area contributed by atoms with Crippen molar-refractivity contribution < 1.29 is 4.79 Å². The third-order valence-corrected chi connectivity index (χ3v) is 2.95. The average molecular weight is 244 g/mol. The lowest BCUT2D eigenvalue weighted by Gasteiger charge is -2.00. The number of carbonyl (C=O) groups excluding carboxylic acids is 1. The highest BCUT2D eigenvalue weighted by Crippen LogP contribution is 2.09. The fourth-order valence-corrected chi connectivity index (χ4v) is 1.90. The second kappa shape index (κ2) is 5.96. The van der Waals surface area contributed by atoms with Crippen molar-refractivity contribution in [1.29, 1.82) is 0 Å². The number of hydrogen-bond donors (Lipinski definition) is 1. The number of pyridine rings is 1. The number of thiophene rings is 1. The zero-order valence-electron chi connectivity index (χ0n) is 9.17. The molecule has 0 bridgehead atoms. The van der Waals surface area contributed by atoms with Gasteiger partial charge in [-0.15, -0.1) is 11.3 Å². The highest BCUT2D eigenvalue weighted by atomic mass is 32.1. The molecule has 17 heavy (non-hydrogen) atoms. The summed E-state index contributed by atoms with van der Waals surface area (Å²) >= 11 is 1.60. The first kappa shape index (κ1) is 11.5. The summed E-state index contributed by atoms with van der Waals surface area (Å²) in [5, 5.41) is 4.76. The fraction of sp³-hybridized carbons (Fsp3) is 0.0769. The summed E-state index contributed by atoms with van der Waals surface area (Å²) in [7, 11) is 0. The van der Waals surface area contributed by atoms with Crippen LogP contribution in [0.5, 0.6) is 0 Å². The molecule has 0 aliphatic heterocycles. The van der Waals surface area contributed by atoms with Crippen LogP contribution in [0.2, 0.25) is 0 Å². The first-order chi connectivity index (χ1) is 8.34. The predicted molar refractivity (Wildman–Crippen MR) is 69.4 cm³/mol. The van der Waals surface area contributed by atoms with E-state index in [4.69, 9.17) is 0 Å². The van der Waals surface area contributed by atoms with E-state index >= 15 is 0 Å². The Morgan fingerprint density at radius 3 is 3.00 bits per heavy atom. The lowest BCUT2D eigenvalue weighted by Crippen LogP contribution is -2.20. The van der Waals surface area contributed by atoms with Crippen molar-refractivity contribution in [3.8, 4) is 0 Å². The number of nitrogens with zero attached hydrogens (tertiary/aromatic N) is 1. The molecule has 0 aromatic carbocycles. The number of amides is 1. The molecule has 3 nitrogen and oxygen atoms in total. The largest absolute Gasteiger partial charge is 0.347 e. The molecule has 0 aliphatic rings. The molecular formula is C13H12N2OS. The summed E-state index contributed by atoms with van der Waals surface area (Å²) in [5.41, 5.74) is 0.852. The van der Waals surface area contributed by atoms with E-state index in [1.165, 1.54) is 6.08 Å². The van der Waals surface area contributed by atoms with Crippen molar-refractivity contribution in [2.24, 2.45) is 0 Å². The molecule has 0 saturated carbocycles. The van der Waals surface area contributed by atoms with E-state index in [1.807, 2.05) is 35.7 Å². The first-order valence-electron chi connectivity index (χ1n) is 5.24. The van der Waals surface area contributed by atoms with Gasteiger partial charge < -0.3 is 5.32 Å². The van der Waals surface area contributed by atoms with Crippen LogP contribution in [0.25, 0.3) is 6.08 Å². The van der Waals surface area contributed by atoms with Gasteiger partial charge in [0.1, 0.15) is 0 Å². The maximum atomic E-state index is 11.5. The molecule has 0 radical (unpaired) electrons. The van der Waals surface area contributed by atoms with Crippen molar-refractivity contribution in [2.45, 2.75) is 6.54 Å². The Bertz CT molecular complexity index is 491. The van der Waals surface area contributed by atoms with E-state index in [2.05, 4.69) is 10.3 Å². The topological polar surface area (TPSA) is 42.0 Å². The summed E-state index contributed by atoms with van der Waals surface area (Å²) in [6.07, 6.45) is 5.05. The van der Waals surface area contributed by atoms with E-state index in [1.54, 1.807) is 23.6 Å². The van der Waals surface area contributed by atoms with Gasteiger partial charge >= 0.3 is 0 Å². The quantitative estimate of drug-likeness (QED) is 0.839. The van der Waals surface area contributed by atoms with E-state index in [0.717, 1.165) is 10.6 Å². The van der Waals surface area contributed by atoms with Crippen LogP contribution >= 0.6 is 11.3 Å². The second-order valence-corrected chi connectivity index (χ2v) is 4.37. The van der Waals surface area contributed by atoms with Gasteiger partial charge in [-0.25, -0.2) is 0 Å². The van der Waals surface area contributed by atoms with Crippen molar-refractivity contribution in [1.82, 2.24) is 10.3 Å². The van der Waals surface area contributed by atoms with Crippen LogP contribution in [0.4, 0.5) is 0 Å². The van der Waals surface area contributed by atoms with Crippen LogP contribution in [0.15, 0.2) is 48.0 Å². The molecule has 2 heterocycles. The van der Waals surface area contributed by atoms with Gasteiger partial charge in [0, 0.05) is 17.2 Å². The standard InChI is InChI=1S/C13H12N2OS/c16-13(7-6-12-5-3-9-17-12)15-10-11-4-1-2-8-14-11/h1-9H,10H2,(H,15,16). The maximum Gasteiger partial charge on any atom is 0.244 e. The minimum absolute atomic E-state index is 0.107. The highest BCUT2D eigenvalue weighted by Gasteiger charge is 1.97. The van der Waals surface area contributed by atoms with Crippen LogP contribution in [-0.4, -0.2) is 10.9 Å². The van der Waals surface area contributed by atoms with Crippen molar-refractivity contribution >= 4 is 23.3 Å². The Labute approximate surface area is 104 Å². The molecule has 1 N–H and O–H groups in total. The normalized spacial score (nSPS) is 10.6. The minimum atomic E-state index is -0.107. The number of rotatable bonds is 4. The Kier molecular flexibility index (Phi) is 4.05. The number of carbonyl (C=O) groups is 1. The molecule has 0 unspecified atom stereocenters. The van der Waals surface area contributed by atoms with Crippen LogP contribution in [0.3, 0.4) is 0 Å². The summed E-state index contributed by atoms with van der Waals surface area (Å²) < 4.78 is 0. The Morgan fingerprint density at radius 2 is 2.29 bits per heavy atom. The minimum Gasteiger partial charge on any atom is -0.347 e. The van der Waals surface area contributed by atoms with Crippen molar-refractivity contribution in [3.05, 3.63) is 58.6 Å². The van der Waals surface area contributed by atoms with Crippen molar-refractivity contribution in [3.63, 3.8) is 0 Å². The van der Waals surface area contributed by atoms with Gasteiger partial charge in [-0.1, -0.05) is 12.1 Å². The van der Waals surface area contributed by atoms with Gasteiger partial charge in [-0.3, -0.25) is 9.78 Å². The molecule has 2 aromatic heterocycles. The monoisotopic (exact) mass is 244 g/mol. The zero-order valence-corrected chi connectivity index (χ0v) is 9.98. The molecule has 86 valence electrons. The summed E-state index contributed by atoms with van der Waals surface area (Å²) in [4.78, 5) is 16.7. The lowest BCUT2D eigenvalue weighted by atomic mass is 10.3. The summed E-state index contributed by atoms with van der Waals surface area (Å²) in [6, 6.07) is 9.55. The molecular weight excluding hydrogens is 232 g/mol. The summed E-state index contributed by atoms with van der Waals surface area (Å²) in [6.45, 7) is 0.453. The third kappa shape index (κ3) is 3.85. The number of hydrogen-bond acceptors (Lipinski definition) is 3. The summed E-state index contributed by atoms with van der Waals surface area (Å²) in [5.74, 6) is -0.107. The highest BCUT2D eigenvalue weighted by molar-refractivity contribution is 7.10. The fourth-order valence-electron chi connectivity index (χ4n) is 1.28. The predicted octanol–water partition coefficient (Wildman–Crippen LogP) is 2.47. The molecule has 4 heteroatoms. The first-order valence-corrected chi connectivity index (χ1v) is 6.12. The smallest absolute Gasteiger partial charge is 0.244 e. The van der Waals surface area contributed by atoms with Gasteiger partial charge in [0.15, 0.2) is 0 Å². The molecule has 0 saturated heterocycles. The van der Waals surface area contributed by atoms with Gasteiger partial charge in [-0.2, -0.15) is 0 Å². The molecule has 0 fully saturated rings. The Hall–Kier alpha value is -1.94. The zero-order chi connectivity index (χ0) is 11.9. The van der Waals surface area contributed by atoms with Crippen LogP contribution in [0.1, 0.15) is 10.6 Å². The van der Waals surface area contributed by atoms with Crippen molar-refractivity contribution in [2.75, 3.05) is 0 Å². The van der Waals surface area contributed by atoms with E-state index < -0.39 is 0 Å². The molecule has 0 spiro atoms. The number of nitrogens with one attached hydrogen (secondary N) is 1.